The molecule has 0 saturated carbocycles. The number of guanidine groups is 1. The predicted molar refractivity (Wildman–Crippen MR) is 70.9 cm³/mol. The summed E-state index contributed by atoms with van der Waals surface area (Å²) in [5.74, 6) is 6.35. The average molecular weight is 278 g/mol. The van der Waals surface area contributed by atoms with Crippen LogP contribution in [0, 0.1) is 0 Å². The average Bonchev–Trinajstić information content (AvgIpc) is 2.48. The van der Waals surface area contributed by atoms with Crippen molar-refractivity contribution in [1.82, 2.24) is 10.3 Å². The SMILES string of the molecule is COCC(C)N=C(NN)N1CCCS(=O)(=O)CC1. The van der Waals surface area contributed by atoms with Crippen molar-refractivity contribution in [1.29, 1.82) is 0 Å². The first-order chi connectivity index (χ1) is 8.48. The standard InChI is InChI=1S/C10H22N4O3S/c1-9(8-17-2)12-10(13-11)14-4-3-6-18(15,16)7-5-14/h9H,3-8,11H2,1-2H3,(H,12,13). The van der Waals surface area contributed by atoms with Crippen LogP contribution in [0.4, 0.5) is 0 Å². The van der Waals surface area contributed by atoms with Crippen LogP contribution in [-0.2, 0) is 14.6 Å². The molecule has 7 nitrogen and oxygen atoms in total. The van der Waals surface area contributed by atoms with Crippen LogP contribution >= 0.6 is 0 Å². The highest BCUT2D eigenvalue weighted by Gasteiger charge is 2.21. The van der Waals surface area contributed by atoms with Crippen LogP contribution in [0.1, 0.15) is 13.3 Å². The van der Waals surface area contributed by atoms with Crippen LogP contribution < -0.4 is 11.3 Å². The Balaban J connectivity index is 2.70. The number of nitrogens with one attached hydrogen (secondary N) is 1. The quantitative estimate of drug-likeness (QED) is 0.296. The van der Waals surface area contributed by atoms with Gasteiger partial charge in [-0.2, -0.15) is 0 Å². The summed E-state index contributed by atoms with van der Waals surface area (Å²) in [7, 11) is -1.31. The Morgan fingerprint density at radius 2 is 2.22 bits per heavy atom. The maximum atomic E-state index is 11.5. The lowest BCUT2D eigenvalue weighted by molar-refractivity contribution is 0.185. The Kier molecular flexibility index (Phi) is 5.83. The molecule has 8 heteroatoms. The number of rotatable bonds is 3. The number of aliphatic imine (C=N–C) groups is 1. The third-order valence-electron chi connectivity index (χ3n) is 2.73. The maximum absolute atomic E-state index is 11.5. The number of ether oxygens (including phenoxy) is 1. The van der Waals surface area contributed by atoms with Gasteiger partial charge in [-0.1, -0.05) is 0 Å². The summed E-state index contributed by atoms with van der Waals surface area (Å²) in [6.45, 7) is 3.47. The summed E-state index contributed by atoms with van der Waals surface area (Å²) in [5, 5.41) is 0. The first-order valence-corrected chi connectivity index (χ1v) is 7.79. The fraction of sp³-hybridized carbons (Fsp3) is 0.900. The van der Waals surface area contributed by atoms with Crippen LogP contribution in [0.5, 0.6) is 0 Å². The molecule has 1 saturated heterocycles. The molecule has 18 heavy (non-hydrogen) atoms. The molecule has 3 N–H and O–H groups in total. The van der Waals surface area contributed by atoms with E-state index in [-0.39, 0.29) is 17.5 Å². The van der Waals surface area contributed by atoms with Gasteiger partial charge in [-0.15, -0.1) is 0 Å². The fourth-order valence-corrected chi connectivity index (χ4v) is 3.12. The minimum Gasteiger partial charge on any atom is -0.382 e. The molecule has 1 atom stereocenters. The zero-order valence-corrected chi connectivity index (χ0v) is 11.7. The maximum Gasteiger partial charge on any atom is 0.208 e. The number of nitrogens with two attached hydrogens (primary N) is 1. The normalized spacial score (nSPS) is 22.4. The highest BCUT2D eigenvalue weighted by Crippen LogP contribution is 2.06. The molecule has 0 spiro atoms. The van der Waals surface area contributed by atoms with E-state index in [2.05, 4.69) is 10.4 Å². The van der Waals surface area contributed by atoms with Crippen molar-refractivity contribution in [2.45, 2.75) is 19.4 Å². The molecule has 0 aromatic carbocycles. The molecule has 1 fully saturated rings. The Labute approximate surface area is 108 Å². The van der Waals surface area contributed by atoms with Crippen molar-refractivity contribution in [3.05, 3.63) is 0 Å². The van der Waals surface area contributed by atoms with E-state index in [1.807, 2.05) is 11.8 Å². The molecule has 0 radical (unpaired) electrons. The summed E-state index contributed by atoms with van der Waals surface area (Å²) in [5.41, 5.74) is 2.54. The Morgan fingerprint density at radius 1 is 1.50 bits per heavy atom. The Bertz CT molecular complexity index is 383. The van der Waals surface area contributed by atoms with E-state index >= 15 is 0 Å². The van der Waals surface area contributed by atoms with Gasteiger partial charge in [0.05, 0.1) is 24.2 Å². The molecule has 0 amide bonds. The summed E-state index contributed by atoms with van der Waals surface area (Å²) >= 11 is 0. The summed E-state index contributed by atoms with van der Waals surface area (Å²) in [4.78, 5) is 6.26. The molecule has 1 rings (SSSR count). The number of hydrogen-bond donors (Lipinski definition) is 2. The first kappa shape index (κ1) is 15.2. The predicted octanol–water partition coefficient (Wildman–Crippen LogP) is -1.04. The molecule has 0 bridgehead atoms. The van der Waals surface area contributed by atoms with Gasteiger partial charge in [-0.3, -0.25) is 5.43 Å². The molecule has 1 aliphatic rings. The van der Waals surface area contributed by atoms with Crippen molar-refractivity contribution < 1.29 is 13.2 Å². The second-order valence-electron chi connectivity index (χ2n) is 4.39. The van der Waals surface area contributed by atoms with Crippen LogP contribution in [0.3, 0.4) is 0 Å². The fourth-order valence-electron chi connectivity index (χ4n) is 1.85. The number of hydrogen-bond acceptors (Lipinski definition) is 5. The van der Waals surface area contributed by atoms with Crippen molar-refractivity contribution in [3.63, 3.8) is 0 Å². The van der Waals surface area contributed by atoms with Crippen molar-refractivity contribution in [3.8, 4) is 0 Å². The molecular weight excluding hydrogens is 256 g/mol. The lowest BCUT2D eigenvalue weighted by Gasteiger charge is -2.24. The van der Waals surface area contributed by atoms with Gasteiger partial charge in [-0.25, -0.2) is 19.3 Å². The summed E-state index contributed by atoms with van der Waals surface area (Å²) in [6.07, 6.45) is 0.599. The zero-order valence-electron chi connectivity index (χ0n) is 10.9. The third-order valence-corrected chi connectivity index (χ3v) is 4.45. The molecule has 1 aliphatic heterocycles. The van der Waals surface area contributed by atoms with E-state index in [9.17, 15) is 8.42 Å². The van der Waals surface area contributed by atoms with Crippen LogP contribution in [0.2, 0.25) is 0 Å². The van der Waals surface area contributed by atoms with Crippen molar-refractivity contribution >= 4 is 15.8 Å². The highest BCUT2D eigenvalue weighted by atomic mass is 32.2. The number of sulfone groups is 1. The van der Waals surface area contributed by atoms with E-state index in [0.29, 0.717) is 32.1 Å². The lowest BCUT2D eigenvalue weighted by Crippen LogP contribution is -2.46. The molecule has 0 aromatic rings. The Morgan fingerprint density at radius 3 is 2.83 bits per heavy atom. The highest BCUT2D eigenvalue weighted by molar-refractivity contribution is 7.91. The largest absolute Gasteiger partial charge is 0.382 e. The summed E-state index contributed by atoms with van der Waals surface area (Å²) < 4.78 is 28.0. The van der Waals surface area contributed by atoms with Crippen molar-refractivity contribution in [2.24, 2.45) is 10.8 Å². The smallest absolute Gasteiger partial charge is 0.208 e. The molecule has 0 aromatic heterocycles. The van der Waals surface area contributed by atoms with Crippen LogP contribution in [0.25, 0.3) is 0 Å². The van der Waals surface area contributed by atoms with Gasteiger partial charge in [0, 0.05) is 20.2 Å². The van der Waals surface area contributed by atoms with E-state index in [1.165, 1.54) is 0 Å². The van der Waals surface area contributed by atoms with E-state index in [4.69, 9.17) is 10.6 Å². The van der Waals surface area contributed by atoms with Gasteiger partial charge in [-0.05, 0) is 13.3 Å². The molecule has 1 unspecified atom stereocenters. The van der Waals surface area contributed by atoms with Gasteiger partial charge < -0.3 is 9.64 Å². The van der Waals surface area contributed by atoms with Gasteiger partial charge in [0.25, 0.3) is 0 Å². The number of methoxy groups -OCH3 is 1. The third kappa shape index (κ3) is 4.79. The molecule has 0 aliphatic carbocycles. The zero-order chi connectivity index (χ0) is 13.6. The van der Waals surface area contributed by atoms with Gasteiger partial charge in [0.1, 0.15) is 0 Å². The molecule has 1 heterocycles. The second-order valence-corrected chi connectivity index (χ2v) is 6.70. The van der Waals surface area contributed by atoms with Crippen LogP contribution in [-0.4, -0.2) is 63.6 Å². The van der Waals surface area contributed by atoms with Crippen LogP contribution in [0.15, 0.2) is 4.99 Å². The topological polar surface area (TPSA) is 97.0 Å². The molecular formula is C10H22N4O3S. The Hall–Kier alpha value is -0.860. The number of hydrazine groups is 1. The minimum atomic E-state index is -2.92. The lowest BCUT2D eigenvalue weighted by atomic mass is 10.4. The second kappa shape index (κ2) is 6.91. The first-order valence-electron chi connectivity index (χ1n) is 5.97. The van der Waals surface area contributed by atoms with E-state index in [0.717, 1.165) is 0 Å². The summed E-state index contributed by atoms with van der Waals surface area (Å²) in [6, 6.07) is -0.0269. The van der Waals surface area contributed by atoms with Gasteiger partial charge in [0.15, 0.2) is 9.84 Å². The van der Waals surface area contributed by atoms with Crippen molar-refractivity contribution in [2.75, 3.05) is 38.3 Å². The van der Waals surface area contributed by atoms with Gasteiger partial charge >= 0.3 is 0 Å². The molecule has 106 valence electrons. The van der Waals surface area contributed by atoms with Gasteiger partial charge in [0.2, 0.25) is 5.96 Å². The van der Waals surface area contributed by atoms with E-state index < -0.39 is 9.84 Å². The minimum absolute atomic E-state index is 0.0269. The number of nitrogens with zero attached hydrogens (tertiary/aromatic N) is 2. The van der Waals surface area contributed by atoms with E-state index in [1.54, 1.807) is 7.11 Å². The monoisotopic (exact) mass is 278 g/mol.